The minimum absolute atomic E-state index is 0.102. The fourth-order valence-corrected chi connectivity index (χ4v) is 2.58. The fourth-order valence-electron chi connectivity index (χ4n) is 2.58. The van der Waals surface area contributed by atoms with E-state index in [1.807, 2.05) is 25.3 Å². The average molecular weight is 355 g/mol. The Bertz CT molecular complexity index is 906. The van der Waals surface area contributed by atoms with Crippen molar-refractivity contribution in [2.75, 3.05) is 6.79 Å². The van der Waals surface area contributed by atoms with Gasteiger partial charge in [-0.15, -0.1) is 0 Å². The van der Waals surface area contributed by atoms with E-state index in [4.69, 9.17) is 14.0 Å². The summed E-state index contributed by atoms with van der Waals surface area (Å²) in [5.74, 6) is 1.76. The van der Waals surface area contributed by atoms with Gasteiger partial charge in [0.2, 0.25) is 12.7 Å². The summed E-state index contributed by atoms with van der Waals surface area (Å²) in [4.78, 5) is 16.5. The van der Waals surface area contributed by atoms with Crippen LogP contribution in [0.1, 0.15) is 12.7 Å². The van der Waals surface area contributed by atoms with Gasteiger partial charge in [-0.05, 0) is 24.3 Å². The van der Waals surface area contributed by atoms with E-state index in [1.165, 1.54) is 0 Å². The Morgan fingerprint density at radius 3 is 3.08 bits per heavy atom. The van der Waals surface area contributed by atoms with Crippen LogP contribution in [0.15, 0.2) is 41.2 Å². The SMILES string of the molecule is CC(Cn1cccn1)C(=O)NCc1noc(-c2ccc3c(c2)OCO3)n1. The largest absolute Gasteiger partial charge is 0.454 e. The monoisotopic (exact) mass is 355 g/mol. The maximum absolute atomic E-state index is 12.2. The van der Waals surface area contributed by atoms with Crippen LogP contribution in [0.25, 0.3) is 11.5 Å². The summed E-state index contributed by atoms with van der Waals surface area (Å²) in [5, 5.41) is 10.8. The second-order valence-electron chi connectivity index (χ2n) is 5.93. The number of carbonyl (C=O) groups is 1. The molecule has 9 heteroatoms. The molecule has 1 aliphatic rings. The summed E-state index contributed by atoms with van der Waals surface area (Å²) in [6.45, 7) is 2.74. The van der Waals surface area contributed by atoms with Crippen LogP contribution < -0.4 is 14.8 Å². The summed E-state index contributed by atoms with van der Waals surface area (Å²) in [6.07, 6.45) is 3.50. The number of rotatable bonds is 6. The topological polar surface area (TPSA) is 104 Å². The minimum atomic E-state index is -0.227. The zero-order valence-electron chi connectivity index (χ0n) is 14.1. The minimum Gasteiger partial charge on any atom is -0.454 e. The van der Waals surface area contributed by atoms with Crippen molar-refractivity contribution in [1.82, 2.24) is 25.2 Å². The molecule has 1 amide bonds. The van der Waals surface area contributed by atoms with Crippen LogP contribution >= 0.6 is 0 Å². The van der Waals surface area contributed by atoms with Crippen LogP contribution in [-0.4, -0.2) is 32.6 Å². The average Bonchev–Trinajstić information content (AvgIpc) is 3.39. The first-order valence-electron chi connectivity index (χ1n) is 8.17. The van der Waals surface area contributed by atoms with Gasteiger partial charge in [0.05, 0.1) is 19.0 Å². The van der Waals surface area contributed by atoms with Gasteiger partial charge in [-0.1, -0.05) is 12.1 Å². The van der Waals surface area contributed by atoms with Crippen LogP contribution in [0.3, 0.4) is 0 Å². The van der Waals surface area contributed by atoms with Gasteiger partial charge in [-0.25, -0.2) is 0 Å². The number of carbonyl (C=O) groups excluding carboxylic acids is 1. The summed E-state index contributed by atoms with van der Waals surface area (Å²) in [5.41, 5.74) is 0.728. The molecule has 0 saturated carbocycles. The molecule has 3 aromatic rings. The van der Waals surface area contributed by atoms with Gasteiger partial charge in [0, 0.05) is 18.0 Å². The fraction of sp³-hybridized carbons (Fsp3) is 0.294. The van der Waals surface area contributed by atoms with Gasteiger partial charge in [-0.3, -0.25) is 9.48 Å². The van der Waals surface area contributed by atoms with E-state index in [9.17, 15) is 4.79 Å². The second-order valence-corrected chi connectivity index (χ2v) is 5.93. The molecule has 2 aromatic heterocycles. The van der Waals surface area contributed by atoms with Crippen molar-refractivity contribution in [3.63, 3.8) is 0 Å². The molecule has 26 heavy (non-hydrogen) atoms. The van der Waals surface area contributed by atoms with Gasteiger partial charge in [0.15, 0.2) is 17.3 Å². The summed E-state index contributed by atoms with van der Waals surface area (Å²) < 4.78 is 17.6. The number of nitrogens with zero attached hydrogens (tertiary/aromatic N) is 4. The number of fused-ring (bicyclic) bond motifs is 1. The molecule has 0 saturated heterocycles. The molecular formula is C17H17N5O4. The van der Waals surface area contributed by atoms with Gasteiger partial charge >= 0.3 is 0 Å². The maximum atomic E-state index is 12.2. The van der Waals surface area contributed by atoms with E-state index >= 15 is 0 Å². The Kier molecular flexibility index (Phi) is 4.26. The maximum Gasteiger partial charge on any atom is 0.258 e. The number of hydrogen-bond donors (Lipinski definition) is 1. The molecule has 0 aliphatic carbocycles. The van der Waals surface area contributed by atoms with Crippen molar-refractivity contribution < 1.29 is 18.8 Å². The first-order chi connectivity index (χ1) is 12.7. The number of amides is 1. The van der Waals surface area contributed by atoms with E-state index < -0.39 is 0 Å². The highest BCUT2D eigenvalue weighted by atomic mass is 16.7. The normalized spacial score (nSPS) is 13.6. The molecule has 1 N–H and O–H groups in total. The number of nitrogens with one attached hydrogen (secondary N) is 1. The van der Waals surface area contributed by atoms with E-state index in [2.05, 4.69) is 20.6 Å². The lowest BCUT2D eigenvalue weighted by Crippen LogP contribution is -2.31. The highest BCUT2D eigenvalue weighted by molar-refractivity contribution is 5.78. The Labute approximate surface area is 148 Å². The van der Waals surface area contributed by atoms with Crippen molar-refractivity contribution in [2.24, 2.45) is 5.92 Å². The second kappa shape index (κ2) is 6.87. The smallest absolute Gasteiger partial charge is 0.258 e. The molecule has 0 bridgehead atoms. The molecule has 1 unspecified atom stereocenters. The third-order valence-electron chi connectivity index (χ3n) is 3.98. The molecule has 1 aliphatic heterocycles. The van der Waals surface area contributed by atoms with Gasteiger partial charge < -0.3 is 19.3 Å². The van der Waals surface area contributed by atoms with Crippen LogP contribution in [0.5, 0.6) is 11.5 Å². The van der Waals surface area contributed by atoms with Crippen LogP contribution in [0, 0.1) is 5.92 Å². The number of aromatic nitrogens is 4. The van der Waals surface area contributed by atoms with Gasteiger partial charge in [0.25, 0.3) is 5.89 Å². The van der Waals surface area contributed by atoms with Gasteiger partial charge in [0.1, 0.15) is 0 Å². The lowest BCUT2D eigenvalue weighted by molar-refractivity contribution is -0.125. The van der Waals surface area contributed by atoms with Gasteiger partial charge in [-0.2, -0.15) is 10.1 Å². The quantitative estimate of drug-likeness (QED) is 0.716. The summed E-state index contributed by atoms with van der Waals surface area (Å²) in [7, 11) is 0. The number of benzene rings is 1. The third-order valence-corrected chi connectivity index (χ3v) is 3.98. The summed E-state index contributed by atoms with van der Waals surface area (Å²) in [6, 6.07) is 7.21. The van der Waals surface area contributed by atoms with Crippen molar-refractivity contribution >= 4 is 5.91 Å². The van der Waals surface area contributed by atoms with Crippen molar-refractivity contribution in [3.05, 3.63) is 42.5 Å². The van der Waals surface area contributed by atoms with Crippen LogP contribution in [0.2, 0.25) is 0 Å². The molecule has 0 spiro atoms. The van der Waals surface area contributed by atoms with E-state index in [-0.39, 0.29) is 25.2 Å². The molecule has 4 rings (SSSR count). The van der Waals surface area contributed by atoms with E-state index in [0.29, 0.717) is 29.8 Å². The highest BCUT2D eigenvalue weighted by Crippen LogP contribution is 2.35. The Balaban J connectivity index is 1.35. The predicted octanol–water partition coefficient (Wildman–Crippen LogP) is 1.61. The molecule has 1 atom stereocenters. The standard InChI is InChI=1S/C17H17N5O4/c1-11(9-22-6-2-5-19-22)16(23)18-8-15-20-17(26-21-15)12-3-4-13-14(7-12)25-10-24-13/h2-7,11H,8-10H2,1H3,(H,18,23). The van der Waals surface area contributed by atoms with E-state index in [0.717, 1.165) is 5.56 Å². The van der Waals surface area contributed by atoms with Crippen molar-refractivity contribution in [2.45, 2.75) is 20.0 Å². The Hall–Kier alpha value is -3.36. The zero-order chi connectivity index (χ0) is 17.9. The third kappa shape index (κ3) is 3.37. The first kappa shape index (κ1) is 16.1. The molecule has 3 heterocycles. The Morgan fingerprint density at radius 1 is 1.35 bits per heavy atom. The van der Waals surface area contributed by atoms with Crippen LogP contribution in [0.4, 0.5) is 0 Å². The number of ether oxygens (including phenoxy) is 2. The van der Waals surface area contributed by atoms with E-state index in [1.54, 1.807) is 23.0 Å². The Morgan fingerprint density at radius 2 is 2.23 bits per heavy atom. The molecule has 1 aromatic carbocycles. The van der Waals surface area contributed by atoms with Crippen LogP contribution in [-0.2, 0) is 17.9 Å². The summed E-state index contributed by atoms with van der Waals surface area (Å²) >= 11 is 0. The molecule has 134 valence electrons. The van der Waals surface area contributed by atoms with Crippen molar-refractivity contribution in [3.8, 4) is 23.0 Å². The first-order valence-corrected chi connectivity index (χ1v) is 8.17. The molecule has 0 fully saturated rings. The zero-order valence-corrected chi connectivity index (χ0v) is 14.1. The molecular weight excluding hydrogens is 338 g/mol. The highest BCUT2D eigenvalue weighted by Gasteiger charge is 2.18. The number of hydrogen-bond acceptors (Lipinski definition) is 7. The molecule has 0 radical (unpaired) electrons. The predicted molar refractivity (Wildman–Crippen MR) is 89.1 cm³/mol. The van der Waals surface area contributed by atoms with Crippen molar-refractivity contribution in [1.29, 1.82) is 0 Å². The lowest BCUT2D eigenvalue weighted by Gasteiger charge is -2.10. The lowest BCUT2D eigenvalue weighted by atomic mass is 10.1. The molecule has 9 nitrogen and oxygen atoms in total.